The minimum Gasteiger partial charge on any atom is -0.489 e. The third-order valence-electron chi connectivity index (χ3n) is 5.49. The highest BCUT2D eigenvalue weighted by atomic mass is 79.9. The van der Waals surface area contributed by atoms with Crippen molar-refractivity contribution in [3.63, 3.8) is 0 Å². The van der Waals surface area contributed by atoms with Crippen molar-refractivity contribution in [2.75, 3.05) is 5.32 Å². The zero-order valence-electron chi connectivity index (χ0n) is 18.3. The number of aromatic nitrogens is 2. The number of carbonyl (C=O) groups excluding carboxylic acids is 1. The van der Waals surface area contributed by atoms with Crippen molar-refractivity contribution in [1.29, 1.82) is 0 Å². The fraction of sp³-hybridized carbons (Fsp3) is 0.0714. The molecule has 0 aliphatic rings. The van der Waals surface area contributed by atoms with E-state index in [2.05, 4.69) is 56.7 Å². The van der Waals surface area contributed by atoms with Crippen molar-refractivity contribution >= 4 is 38.4 Å². The van der Waals surface area contributed by atoms with E-state index in [1.165, 1.54) is 16.3 Å². The molecule has 6 heteroatoms. The Kier molecular flexibility index (Phi) is 6.40. The number of carbonyl (C=O) groups is 1. The number of nitrogens with one attached hydrogen (secondary N) is 1. The Morgan fingerprint density at radius 3 is 2.65 bits per heavy atom. The molecule has 1 amide bonds. The van der Waals surface area contributed by atoms with Crippen molar-refractivity contribution < 1.29 is 9.53 Å². The van der Waals surface area contributed by atoms with E-state index in [4.69, 9.17) is 4.74 Å². The molecule has 4 aromatic carbocycles. The van der Waals surface area contributed by atoms with Gasteiger partial charge in [-0.2, -0.15) is 5.10 Å². The number of nitrogens with zero attached hydrogens (tertiary/aromatic N) is 2. The SMILES string of the molecule is O=C(Nc1ccn(Cc2cccc3ccccc23)n1)c1cccc(COc2cccc(Br)c2)c1. The molecule has 0 radical (unpaired) electrons. The molecule has 0 bridgehead atoms. The summed E-state index contributed by atoms with van der Waals surface area (Å²) in [5.74, 6) is 1.07. The molecule has 0 saturated heterocycles. The lowest BCUT2D eigenvalue weighted by molar-refractivity contribution is 0.102. The van der Waals surface area contributed by atoms with Crippen molar-refractivity contribution in [3.05, 3.63) is 124 Å². The monoisotopic (exact) mass is 511 g/mol. The van der Waals surface area contributed by atoms with E-state index >= 15 is 0 Å². The number of benzene rings is 4. The Morgan fingerprint density at radius 2 is 1.74 bits per heavy atom. The highest BCUT2D eigenvalue weighted by molar-refractivity contribution is 9.10. The van der Waals surface area contributed by atoms with Gasteiger partial charge in [0.05, 0.1) is 6.54 Å². The van der Waals surface area contributed by atoms with Gasteiger partial charge in [-0.15, -0.1) is 0 Å². The topological polar surface area (TPSA) is 56.2 Å². The number of ether oxygens (including phenoxy) is 1. The maximum Gasteiger partial charge on any atom is 0.256 e. The molecule has 0 atom stereocenters. The molecule has 168 valence electrons. The van der Waals surface area contributed by atoms with Gasteiger partial charge in [0.1, 0.15) is 12.4 Å². The lowest BCUT2D eigenvalue weighted by Crippen LogP contribution is -2.13. The summed E-state index contributed by atoms with van der Waals surface area (Å²) in [5.41, 5.74) is 2.64. The second-order valence-electron chi connectivity index (χ2n) is 7.94. The van der Waals surface area contributed by atoms with Crippen LogP contribution in [0, 0.1) is 0 Å². The van der Waals surface area contributed by atoms with Crippen LogP contribution < -0.4 is 10.1 Å². The summed E-state index contributed by atoms with van der Waals surface area (Å²) in [6.45, 7) is 0.997. The van der Waals surface area contributed by atoms with E-state index in [0.29, 0.717) is 24.5 Å². The number of hydrogen-bond donors (Lipinski definition) is 1. The molecule has 1 N–H and O–H groups in total. The molecule has 0 unspecified atom stereocenters. The first-order chi connectivity index (χ1) is 16.6. The Bertz CT molecular complexity index is 1460. The first-order valence-corrected chi connectivity index (χ1v) is 11.7. The lowest BCUT2D eigenvalue weighted by atomic mass is 10.0. The summed E-state index contributed by atoms with van der Waals surface area (Å²) in [7, 11) is 0. The molecule has 5 aromatic rings. The number of halogens is 1. The normalized spacial score (nSPS) is 10.9. The van der Waals surface area contributed by atoms with Crippen molar-refractivity contribution in [2.24, 2.45) is 0 Å². The number of rotatable bonds is 7. The summed E-state index contributed by atoms with van der Waals surface area (Å²) < 4.78 is 8.63. The molecule has 0 aliphatic heterocycles. The van der Waals surface area contributed by atoms with Crippen molar-refractivity contribution in [3.8, 4) is 5.75 Å². The molecular formula is C28H22BrN3O2. The fourth-order valence-corrected chi connectivity index (χ4v) is 4.21. The highest BCUT2D eigenvalue weighted by Gasteiger charge is 2.10. The van der Waals surface area contributed by atoms with E-state index in [1.807, 2.05) is 71.5 Å². The summed E-state index contributed by atoms with van der Waals surface area (Å²) in [4.78, 5) is 12.8. The Balaban J connectivity index is 1.24. The zero-order chi connectivity index (χ0) is 23.3. The third-order valence-corrected chi connectivity index (χ3v) is 5.98. The molecule has 0 fully saturated rings. The lowest BCUT2D eigenvalue weighted by Gasteiger charge is -2.08. The molecule has 0 spiro atoms. The summed E-state index contributed by atoms with van der Waals surface area (Å²) in [6, 6.07) is 31.4. The molecule has 1 heterocycles. The van der Waals surface area contributed by atoms with E-state index in [0.717, 1.165) is 15.8 Å². The van der Waals surface area contributed by atoms with Gasteiger partial charge < -0.3 is 10.1 Å². The molecular weight excluding hydrogens is 490 g/mol. The molecule has 34 heavy (non-hydrogen) atoms. The van der Waals surface area contributed by atoms with Crippen LogP contribution in [0.1, 0.15) is 21.5 Å². The maximum absolute atomic E-state index is 12.8. The summed E-state index contributed by atoms with van der Waals surface area (Å²) >= 11 is 3.44. The van der Waals surface area contributed by atoms with Gasteiger partial charge >= 0.3 is 0 Å². The van der Waals surface area contributed by atoms with Gasteiger partial charge in [0.15, 0.2) is 5.82 Å². The van der Waals surface area contributed by atoms with Crippen LogP contribution in [0.4, 0.5) is 5.82 Å². The minimum absolute atomic E-state index is 0.209. The van der Waals surface area contributed by atoms with Crippen molar-refractivity contribution in [1.82, 2.24) is 9.78 Å². The van der Waals surface area contributed by atoms with Gasteiger partial charge in [-0.25, -0.2) is 0 Å². The Morgan fingerprint density at radius 1 is 0.912 bits per heavy atom. The van der Waals surface area contributed by atoms with Crippen LogP contribution in [-0.4, -0.2) is 15.7 Å². The molecule has 5 nitrogen and oxygen atoms in total. The van der Waals surface area contributed by atoms with Gasteiger partial charge in [-0.1, -0.05) is 76.6 Å². The van der Waals surface area contributed by atoms with E-state index in [1.54, 1.807) is 6.07 Å². The standard InChI is InChI=1S/C28H22BrN3O2/c29-24-11-5-12-25(17-24)34-19-20-6-3-9-22(16-20)28(33)30-27-14-15-32(31-27)18-23-10-4-8-21-7-1-2-13-26(21)23/h1-17H,18-19H2,(H,30,31,33). The second-order valence-corrected chi connectivity index (χ2v) is 8.85. The molecule has 0 aliphatic carbocycles. The zero-order valence-corrected chi connectivity index (χ0v) is 19.9. The molecule has 1 aromatic heterocycles. The van der Waals surface area contributed by atoms with Crippen LogP contribution in [0.3, 0.4) is 0 Å². The summed E-state index contributed by atoms with van der Waals surface area (Å²) in [6.07, 6.45) is 1.87. The average Bonchev–Trinajstić information content (AvgIpc) is 3.30. The maximum atomic E-state index is 12.8. The molecule has 0 saturated carbocycles. The Labute approximate surface area is 206 Å². The van der Waals surface area contributed by atoms with Crippen LogP contribution >= 0.6 is 15.9 Å². The van der Waals surface area contributed by atoms with E-state index in [9.17, 15) is 4.79 Å². The van der Waals surface area contributed by atoms with Gasteiger partial charge in [-0.3, -0.25) is 9.48 Å². The largest absolute Gasteiger partial charge is 0.489 e. The number of hydrogen-bond acceptors (Lipinski definition) is 3. The van der Waals surface area contributed by atoms with Gasteiger partial charge in [0.2, 0.25) is 0 Å². The van der Waals surface area contributed by atoms with Crippen LogP contribution in [0.5, 0.6) is 5.75 Å². The Hall–Kier alpha value is -3.90. The molecule has 5 rings (SSSR count). The third kappa shape index (κ3) is 5.18. The minimum atomic E-state index is -0.209. The van der Waals surface area contributed by atoms with Crippen LogP contribution in [-0.2, 0) is 13.2 Å². The summed E-state index contributed by atoms with van der Waals surface area (Å²) in [5, 5.41) is 9.83. The first-order valence-electron chi connectivity index (χ1n) is 10.9. The van der Waals surface area contributed by atoms with Crippen LogP contribution in [0.2, 0.25) is 0 Å². The first kappa shape index (κ1) is 21.9. The highest BCUT2D eigenvalue weighted by Crippen LogP contribution is 2.21. The predicted octanol–water partition coefficient (Wildman–Crippen LogP) is 6.68. The fourth-order valence-electron chi connectivity index (χ4n) is 3.84. The van der Waals surface area contributed by atoms with E-state index in [-0.39, 0.29) is 5.91 Å². The smallest absolute Gasteiger partial charge is 0.256 e. The number of anilines is 1. The number of amides is 1. The second kappa shape index (κ2) is 9.93. The van der Waals surface area contributed by atoms with Crippen molar-refractivity contribution in [2.45, 2.75) is 13.2 Å². The number of fused-ring (bicyclic) bond motifs is 1. The predicted molar refractivity (Wildman–Crippen MR) is 138 cm³/mol. The van der Waals surface area contributed by atoms with Gasteiger partial charge in [0.25, 0.3) is 5.91 Å². The quantitative estimate of drug-likeness (QED) is 0.265. The van der Waals surface area contributed by atoms with Gasteiger partial charge in [-0.05, 0) is 52.2 Å². The average molecular weight is 512 g/mol. The van der Waals surface area contributed by atoms with Crippen LogP contribution in [0.15, 0.2) is 108 Å². The van der Waals surface area contributed by atoms with E-state index < -0.39 is 0 Å². The van der Waals surface area contributed by atoms with Gasteiger partial charge in [0, 0.05) is 22.3 Å². The van der Waals surface area contributed by atoms with Crippen LogP contribution in [0.25, 0.3) is 10.8 Å².